The zero-order valence-electron chi connectivity index (χ0n) is 9.06. The second kappa shape index (κ2) is 4.98. The average molecular weight is 243 g/mol. The van der Waals surface area contributed by atoms with Gasteiger partial charge in [0.05, 0.1) is 11.9 Å². The van der Waals surface area contributed by atoms with Gasteiger partial charge in [-0.1, -0.05) is 6.07 Å². The Bertz CT molecular complexity index is 481. The van der Waals surface area contributed by atoms with Gasteiger partial charge in [-0.15, -0.1) is 0 Å². The van der Waals surface area contributed by atoms with E-state index < -0.39 is 10.0 Å². The number of anilines is 1. The Morgan fingerprint density at radius 1 is 1.44 bits per heavy atom. The molecule has 0 atom stereocenters. The third-order valence-electron chi connectivity index (χ3n) is 1.58. The molecule has 1 rings (SSSR count). The van der Waals surface area contributed by atoms with Crippen molar-refractivity contribution in [2.45, 2.75) is 6.92 Å². The lowest BCUT2D eigenvalue weighted by Gasteiger charge is -2.07. The summed E-state index contributed by atoms with van der Waals surface area (Å²) >= 11 is 0. The second-order valence-corrected chi connectivity index (χ2v) is 5.14. The fourth-order valence-corrected chi connectivity index (χ4v) is 1.60. The van der Waals surface area contributed by atoms with Crippen LogP contribution in [0.25, 0.3) is 0 Å². The summed E-state index contributed by atoms with van der Waals surface area (Å²) < 4.78 is 29.4. The fourth-order valence-electron chi connectivity index (χ4n) is 1.05. The van der Waals surface area contributed by atoms with E-state index in [9.17, 15) is 13.2 Å². The third-order valence-corrected chi connectivity index (χ3v) is 2.19. The Morgan fingerprint density at radius 2 is 2.12 bits per heavy atom. The van der Waals surface area contributed by atoms with Gasteiger partial charge in [0.2, 0.25) is 10.0 Å². The summed E-state index contributed by atoms with van der Waals surface area (Å²) in [5, 5.41) is 0. The highest BCUT2D eigenvalue weighted by Gasteiger charge is 2.03. The highest BCUT2D eigenvalue weighted by Crippen LogP contribution is 2.17. The Balaban J connectivity index is 2.75. The van der Waals surface area contributed by atoms with Crippen molar-refractivity contribution in [1.29, 1.82) is 0 Å². The van der Waals surface area contributed by atoms with Crippen LogP contribution in [0.1, 0.15) is 6.92 Å². The topological polar surface area (TPSA) is 72.5 Å². The first-order valence-corrected chi connectivity index (χ1v) is 6.46. The van der Waals surface area contributed by atoms with E-state index in [4.69, 9.17) is 4.74 Å². The summed E-state index contributed by atoms with van der Waals surface area (Å²) in [4.78, 5) is 10.7. The number of nitrogens with one attached hydrogen (secondary N) is 1. The molecule has 0 saturated carbocycles. The van der Waals surface area contributed by atoms with Crippen molar-refractivity contribution in [3.8, 4) is 5.75 Å². The largest absolute Gasteiger partial charge is 0.486 e. The number of ketones is 1. The number of ether oxygens (including phenoxy) is 1. The first-order chi connectivity index (χ1) is 7.37. The Labute approximate surface area is 94.5 Å². The van der Waals surface area contributed by atoms with E-state index in [1.807, 2.05) is 0 Å². The van der Waals surface area contributed by atoms with Gasteiger partial charge in [0.15, 0.2) is 5.78 Å². The number of hydrogen-bond acceptors (Lipinski definition) is 4. The quantitative estimate of drug-likeness (QED) is 0.838. The normalized spacial score (nSPS) is 10.9. The summed E-state index contributed by atoms with van der Waals surface area (Å²) in [5.74, 6) is 0.352. The molecule has 1 N–H and O–H groups in total. The van der Waals surface area contributed by atoms with Gasteiger partial charge < -0.3 is 4.74 Å². The minimum atomic E-state index is -3.30. The predicted octanol–water partition coefficient (Wildman–Crippen LogP) is 1.03. The molecule has 88 valence electrons. The smallest absolute Gasteiger partial charge is 0.229 e. The molecule has 16 heavy (non-hydrogen) atoms. The molecule has 0 fully saturated rings. The summed E-state index contributed by atoms with van der Waals surface area (Å²) in [6, 6.07) is 6.41. The van der Waals surface area contributed by atoms with Gasteiger partial charge in [0, 0.05) is 6.07 Å². The van der Waals surface area contributed by atoms with E-state index in [1.165, 1.54) is 13.0 Å². The van der Waals surface area contributed by atoms with Crippen molar-refractivity contribution < 1.29 is 17.9 Å². The fraction of sp³-hybridized carbons (Fsp3) is 0.300. The van der Waals surface area contributed by atoms with Crippen molar-refractivity contribution in [3.63, 3.8) is 0 Å². The maximum absolute atomic E-state index is 11.0. The van der Waals surface area contributed by atoms with Crippen molar-refractivity contribution in [2.24, 2.45) is 0 Å². The maximum atomic E-state index is 11.0. The number of rotatable bonds is 5. The van der Waals surface area contributed by atoms with Gasteiger partial charge in [-0.3, -0.25) is 9.52 Å². The van der Waals surface area contributed by atoms with Gasteiger partial charge in [0.25, 0.3) is 0 Å². The van der Waals surface area contributed by atoms with Crippen molar-refractivity contribution in [3.05, 3.63) is 24.3 Å². The Morgan fingerprint density at radius 3 is 2.69 bits per heavy atom. The molecular weight excluding hydrogens is 230 g/mol. The standard InChI is InChI=1S/C10H13NO4S/c1-8(12)7-15-10-5-3-4-9(6-10)11-16(2,13)14/h3-6,11H,7H2,1-2H3. The van der Waals surface area contributed by atoms with Crippen molar-refractivity contribution in [1.82, 2.24) is 0 Å². The molecule has 0 unspecified atom stereocenters. The molecule has 0 spiro atoms. The molecule has 0 saturated heterocycles. The minimum Gasteiger partial charge on any atom is -0.486 e. The van der Waals surface area contributed by atoms with Gasteiger partial charge in [-0.2, -0.15) is 0 Å². The number of carbonyl (C=O) groups is 1. The highest BCUT2D eigenvalue weighted by molar-refractivity contribution is 7.92. The number of sulfonamides is 1. The van der Waals surface area contributed by atoms with Gasteiger partial charge in [0.1, 0.15) is 12.4 Å². The average Bonchev–Trinajstić information content (AvgIpc) is 2.12. The van der Waals surface area contributed by atoms with E-state index in [0.29, 0.717) is 11.4 Å². The van der Waals surface area contributed by atoms with Crippen LogP contribution >= 0.6 is 0 Å². The predicted molar refractivity (Wildman–Crippen MR) is 61.1 cm³/mol. The van der Waals surface area contributed by atoms with E-state index in [-0.39, 0.29) is 12.4 Å². The molecule has 5 nitrogen and oxygen atoms in total. The molecule has 1 aromatic carbocycles. The molecule has 1 aromatic rings. The highest BCUT2D eigenvalue weighted by atomic mass is 32.2. The summed E-state index contributed by atoms with van der Waals surface area (Å²) in [6.07, 6.45) is 1.07. The lowest BCUT2D eigenvalue weighted by atomic mass is 10.3. The van der Waals surface area contributed by atoms with Crippen LogP contribution in [0.15, 0.2) is 24.3 Å². The summed E-state index contributed by atoms with van der Waals surface area (Å²) in [6.45, 7) is 1.39. The van der Waals surface area contributed by atoms with E-state index in [1.54, 1.807) is 18.2 Å². The van der Waals surface area contributed by atoms with E-state index in [2.05, 4.69) is 4.72 Å². The number of benzene rings is 1. The third kappa shape index (κ3) is 4.79. The van der Waals surface area contributed by atoms with Crippen LogP contribution in [0.2, 0.25) is 0 Å². The first-order valence-electron chi connectivity index (χ1n) is 4.57. The van der Waals surface area contributed by atoms with E-state index >= 15 is 0 Å². The molecule has 6 heteroatoms. The number of Topliss-reactive ketones (excluding diaryl/α,β-unsaturated/α-hetero) is 1. The molecule has 0 aliphatic rings. The Hall–Kier alpha value is -1.56. The second-order valence-electron chi connectivity index (χ2n) is 3.39. The SMILES string of the molecule is CC(=O)COc1cccc(NS(C)(=O)=O)c1. The van der Waals surface area contributed by atoms with Crippen LogP contribution in [0.4, 0.5) is 5.69 Å². The van der Waals surface area contributed by atoms with Crippen molar-refractivity contribution in [2.75, 3.05) is 17.6 Å². The monoisotopic (exact) mass is 243 g/mol. The van der Waals surface area contributed by atoms with Crippen LogP contribution in [0, 0.1) is 0 Å². The van der Waals surface area contributed by atoms with Gasteiger partial charge >= 0.3 is 0 Å². The molecule has 0 radical (unpaired) electrons. The number of hydrogen-bond donors (Lipinski definition) is 1. The molecule has 0 heterocycles. The zero-order valence-corrected chi connectivity index (χ0v) is 9.87. The van der Waals surface area contributed by atoms with Gasteiger partial charge in [-0.05, 0) is 19.1 Å². The van der Waals surface area contributed by atoms with Crippen LogP contribution in [-0.4, -0.2) is 27.1 Å². The first kappa shape index (κ1) is 12.5. The zero-order chi connectivity index (χ0) is 12.2. The summed E-state index contributed by atoms with van der Waals surface area (Å²) in [7, 11) is -3.30. The molecule has 0 aliphatic carbocycles. The van der Waals surface area contributed by atoms with Gasteiger partial charge in [-0.25, -0.2) is 8.42 Å². The number of carbonyl (C=O) groups excluding carboxylic acids is 1. The van der Waals surface area contributed by atoms with E-state index in [0.717, 1.165) is 6.26 Å². The van der Waals surface area contributed by atoms with Crippen LogP contribution in [0.5, 0.6) is 5.75 Å². The maximum Gasteiger partial charge on any atom is 0.229 e. The molecule has 0 aliphatic heterocycles. The molecule has 0 amide bonds. The molecule has 0 aromatic heterocycles. The Kier molecular flexibility index (Phi) is 3.89. The summed E-state index contributed by atoms with van der Waals surface area (Å²) in [5.41, 5.74) is 0.406. The van der Waals surface area contributed by atoms with Crippen molar-refractivity contribution >= 4 is 21.5 Å². The van der Waals surface area contributed by atoms with Crippen LogP contribution < -0.4 is 9.46 Å². The lowest BCUT2D eigenvalue weighted by Crippen LogP contribution is -2.10. The minimum absolute atomic E-state index is 0.0255. The lowest BCUT2D eigenvalue weighted by molar-refractivity contribution is -0.118. The van der Waals surface area contributed by atoms with Crippen LogP contribution in [0.3, 0.4) is 0 Å². The van der Waals surface area contributed by atoms with Crippen LogP contribution in [-0.2, 0) is 14.8 Å². The molecule has 0 bridgehead atoms. The molecular formula is C10H13NO4S.